The van der Waals surface area contributed by atoms with Gasteiger partial charge in [0.2, 0.25) is 5.91 Å². The molecule has 4 aromatic carbocycles. The Balaban J connectivity index is 1.51. The van der Waals surface area contributed by atoms with Gasteiger partial charge in [-0.3, -0.25) is 14.7 Å². The number of hydrogen-bond acceptors (Lipinski definition) is 5. The molecule has 0 aliphatic carbocycles. The fourth-order valence-electron chi connectivity index (χ4n) is 5.62. The number of amides is 1. The Morgan fingerprint density at radius 2 is 1.51 bits per heavy atom. The number of anilines is 1. The fraction of sp³-hybridized carbons (Fsp3) is 0.229. The van der Waals surface area contributed by atoms with Crippen LogP contribution in [-0.4, -0.2) is 51.3 Å². The molecule has 0 radical (unpaired) electrons. The third-order valence-electron chi connectivity index (χ3n) is 7.79. The number of carbonyl (C=O) groups excluding carboxylic acids is 1. The van der Waals surface area contributed by atoms with Crippen LogP contribution in [0.2, 0.25) is 0 Å². The Labute approximate surface area is 258 Å². The first-order valence-electron chi connectivity index (χ1n) is 14.5. The number of aliphatic carboxylic acids is 1. The van der Waals surface area contributed by atoms with Gasteiger partial charge in [0.25, 0.3) is 0 Å². The summed E-state index contributed by atoms with van der Waals surface area (Å²) in [6.07, 6.45) is -5.43. The molecule has 4 aromatic rings. The summed E-state index contributed by atoms with van der Waals surface area (Å²) in [6.45, 7) is 1.36. The minimum Gasteiger partial charge on any atom is -0.480 e. The Kier molecular flexibility index (Phi) is 9.75. The van der Waals surface area contributed by atoms with E-state index in [0.29, 0.717) is 29.8 Å². The number of hydrogen-bond donors (Lipinski definition) is 3. The lowest BCUT2D eigenvalue weighted by Gasteiger charge is -2.25. The van der Waals surface area contributed by atoms with Gasteiger partial charge in [-0.15, -0.1) is 0 Å². The van der Waals surface area contributed by atoms with Crippen molar-refractivity contribution in [3.63, 3.8) is 0 Å². The van der Waals surface area contributed by atoms with E-state index in [0.717, 1.165) is 36.7 Å². The average Bonchev–Trinajstić information content (AvgIpc) is 3.50. The highest BCUT2D eigenvalue weighted by molar-refractivity contribution is 6.17. The molecule has 232 valence electrons. The molecular formula is C35H32F3N3O4. The first kappa shape index (κ1) is 31.6. The molecule has 7 nitrogen and oxygen atoms in total. The van der Waals surface area contributed by atoms with Crippen molar-refractivity contribution in [3.8, 4) is 0 Å². The van der Waals surface area contributed by atoms with Crippen LogP contribution in [0.3, 0.4) is 0 Å². The summed E-state index contributed by atoms with van der Waals surface area (Å²) in [7, 11) is 0. The summed E-state index contributed by atoms with van der Waals surface area (Å²) in [5.74, 6) is -1.85. The summed E-state index contributed by atoms with van der Waals surface area (Å²) in [5, 5.41) is 24.2. The van der Waals surface area contributed by atoms with Gasteiger partial charge in [0.1, 0.15) is 6.10 Å². The zero-order valence-electron chi connectivity index (χ0n) is 24.2. The SMILES string of the molecule is O=C(O)[C@@H](N=C(c1ccccc1)c1ccccc1NC(=O)[C@@H]1CCCN1Cc1ccccc1)[C@@H](O)c1ccccc1C(F)(F)F. The number of benzene rings is 4. The maximum absolute atomic E-state index is 13.8. The summed E-state index contributed by atoms with van der Waals surface area (Å²) < 4.78 is 41.3. The summed E-state index contributed by atoms with van der Waals surface area (Å²) in [5.41, 5.74) is 0.586. The minimum atomic E-state index is -4.82. The highest BCUT2D eigenvalue weighted by Gasteiger charge is 2.38. The number of aliphatic imine (C=N–C) groups is 1. The van der Waals surface area contributed by atoms with Gasteiger partial charge in [-0.2, -0.15) is 13.2 Å². The van der Waals surface area contributed by atoms with Gasteiger partial charge in [-0.1, -0.05) is 97.1 Å². The highest BCUT2D eigenvalue weighted by atomic mass is 19.4. The molecule has 3 N–H and O–H groups in total. The van der Waals surface area contributed by atoms with E-state index in [4.69, 9.17) is 0 Å². The second-order valence-corrected chi connectivity index (χ2v) is 10.8. The van der Waals surface area contributed by atoms with Gasteiger partial charge in [-0.05, 0) is 42.6 Å². The molecule has 0 spiro atoms. The van der Waals surface area contributed by atoms with E-state index >= 15 is 0 Å². The van der Waals surface area contributed by atoms with Crippen LogP contribution in [0.15, 0.2) is 114 Å². The van der Waals surface area contributed by atoms with Crippen molar-refractivity contribution in [3.05, 3.63) is 137 Å². The van der Waals surface area contributed by atoms with Gasteiger partial charge >= 0.3 is 12.1 Å². The standard InChI is InChI=1S/C35H32F3N3O4/c36-35(37,38)27-18-9-7-16-25(27)32(42)31(34(44)45)40-30(24-14-5-2-6-15-24)26-17-8-10-19-28(26)39-33(43)29-20-11-21-41(29)22-23-12-3-1-4-13-23/h1-10,12-19,29,31-32,42H,11,20-22H2,(H,39,43)(H,44,45)/t29-,31-,32-/m0/s1. The Bertz CT molecular complexity index is 1660. The average molecular weight is 616 g/mol. The molecule has 45 heavy (non-hydrogen) atoms. The van der Waals surface area contributed by atoms with Crippen LogP contribution in [0.25, 0.3) is 0 Å². The molecular weight excluding hydrogens is 583 g/mol. The summed E-state index contributed by atoms with van der Waals surface area (Å²) in [6, 6.07) is 26.9. The smallest absolute Gasteiger partial charge is 0.416 e. The largest absolute Gasteiger partial charge is 0.480 e. The lowest BCUT2D eigenvalue weighted by molar-refractivity contribution is -0.144. The number of likely N-dealkylation sites (tertiary alicyclic amines) is 1. The first-order valence-corrected chi connectivity index (χ1v) is 14.5. The van der Waals surface area contributed by atoms with Crippen LogP contribution in [0.4, 0.5) is 18.9 Å². The molecule has 1 aliphatic rings. The second kappa shape index (κ2) is 13.9. The number of carboxylic acids is 1. The molecule has 0 unspecified atom stereocenters. The van der Waals surface area contributed by atoms with Gasteiger partial charge in [0.15, 0.2) is 6.04 Å². The number of aliphatic hydroxyl groups excluding tert-OH is 1. The molecule has 1 fully saturated rings. The van der Waals surface area contributed by atoms with Crippen molar-refractivity contribution < 1.29 is 33.0 Å². The monoisotopic (exact) mass is 615 g/mol. The van der Waals surface area contributed by atoms with E-state index in [9.17, 15) is 33.0 Å². The third kappa shape index (κ3) is 7.47. The molecule has 1 amide bonds. The van der Waals surface area contributed by atoms with E-state index < -0.39 is 41.5 Å². The first-order chi connectivity index (χ1) is 21.6. The van der Waals surface area contributed by atoms with Crippen LogP contribution in [0.5, 0.6) is 0 Å². The summed E-state index contributed by atoms with van der Waals surface area (Å²) >= 11 is 0. The van der Waals surface area contributed by atoms with Gasteiger partial charge < -0.3 is 15.5 Å². The number of carbonyl (C=O) groups is 2. The molecule has 1 saturated heterocycles. The molecule has 1 aliphatic heterocycles. The van der Waals surface area contributed by atoms with Crippen LogP contribution >= 0.6 is 0 Å². The van der Waals surface area contributed by atoms with Gasteiger partial charge in [0.05, 0.1) is 23.0 Å². The number of para-hydroxylation sites is 1. The molecule has 0 bridgehead atoms. The van der Waals surface area contributed by atoms with Crippen LogP contribution in [0.1, 0.15) is 46.8 Å². The molecule has 10 heteroatoms. The predicted octanol–water partition coefficient (Wildman–Crippen LogP) is 6.33. The topological polar surface area (TPSA) is 102 Å². The van der Waals surface area contributed by atoms with Crippen molar-refractivity contribution >= 4 is 23.3 Å². The number of nitrogens with one attached hydrogen (secondary N) is 1. The van der Waals surface area contributed by atoms with Crippen molar-refractivity contribution in [1.29, 1.82) is 0 Å². The molecule has 1 heterocycles. The third-order valence-corrected chi connectivity index (χ3v) is 7.79. The van der Waals surface area contributed by atoms with E-state index in [2.05, 4.69) is 15.2 Å². The quantitative estimate of drug-likeness (QED) is 0.181. The second-order valence-electron chi connectivity index (χ2n) is 10.8. The lowest BCUT2D eigenvalue weighted by Crippen LogP contribution is -2.39. The maximum Gasteiger partial charge on any atom is 0.416 e. The van der Waals surface area contributed by atoms with Gasteiger partial charge in [-0.25, -0.2) is 4.79 Å². The number of halogens is 3. The van der Waals surface area contributed by atoms with Crippen LogP contribution in [0, 0.1) is 0 Å². The summed E-state index contributed by atoms with van der Waals surface area (Å²) in [4.78, 5) is 32.6. The Hall–Kier alpha value is -4.80. The normalized spacial score (nSPS) is 17.1. The van der Waals surface area contributed by atoms with Crippen molar-refractivity contribution in [1.82, 2.24) is 4.90 Å². The number of alkyl halides is 3. The van der Waals surface area contributed by atoms with Gasteiger partial charge in [0, 0.05) is 17.7 Å². The number of aliphatic hydroxyl groups is 1. The van der Waals surface area contributed by atoms with Crippen LogP contribution in [-0.2, 0) is 22.3 Å². The van der Waals surface area contributed by atoms with Crippen molar-refractivity contribution in [2.24, 2.45) is 4.99 Å². The molecule has 3 atom stereocenters. The number of rotatable bonds is 10. The molecule has 5 rings (SSSR count). The number of carboxylic acid groups (broad SMARTS) is 1. The zero-order chi connectivity index (χ0) is 32.0. The lowest BCUT2D eigenvalue weighted by atomic mass is 9.95. The highest BCUT2D eigenvalue weighted by Crippen LogP contribution is 2.36. The fourth-order valence-corrected chi connectivity index (χ4v) is 5.62. The van der Waals surface area contributed by atoms with Crippen molar-refractivity contribution in [2.45, 2.75) is 43.8 Å². The molecule has 0 aromatic heterocycles. The van der Waals surface area contributed by atoms with E-state index in [1.807, 2.05) is 30.3 Å². The number of nitrogens with zero attached hydrogens (tertiary/aromatic N) is 2. The van der Waals surface area contributed by atoms with Crippen molar-refractivity contribution in [2.75, 3.05) is 11.9 Å². The van der Waals surface area contributed by atoms with E-state index in [-0.39, 0.29) is 11.6 Å². The predicted molar refractivity (Wildman–Crippen MR) is 165 cm³/mol. The maximum atomic E-state index is 13.8. The Morgan fingerprint density at radius 3 is 2.20 bits per heavy atom. The zero-order valence-corrected chi connectivity index (χ0v) is 24.2. The minimum absolute atomic E-state index is 0.0926. The van der Waals surface area contributed by atoms with Crippen LogP contribution < -0.4 is 5.32 Å². The Morgan fingerprint density at radius 1 is 0.889 bits per heavy atom. The molecule has 0 saturated carbocycles. The van der Waals surface area contributed by atoms with E-state index in [1.165, 1.54) is 6.07 Å². The van der Waals surface area contributed by atoms with E-state index in [1.54, 1.807) is 54.6 Å².